The van der Waals surface area contributed by atoms with Crippen LogP contribution in [-0.4, -0.2) is 48.4 Å². The van der Waals surface area contributed by atoms with E-state index in [9.17, 15) is 0 Å². The van der Waals surface area contributed by atoms with Crippen molar-refractivity contribution in [2.75, 3.05) is 31.1 Å². The Balaban J connectivity index is 1.75. The van der Waals surface area contributed by atoms with Gasteiger partial charge in [-0.3, -0.25) is 0 Å². The summed E-state index contributed by atoms with van der Waals surface area (Å²) in [4.78, 5) is 14.2. The second kappa shape index (κ2) is 7.11. The molecule has 7 heteroatoms. The minimum Gasteiger partial charge on any atom is -0.382 e. The molecule has 1 saturated heterocycles. The van der Waals surface area contributed by atoms with Gasteiger partial charge < -0.3 is 25.7 Å². The maximum absolute atomic E-state index is 6.04. The number of amidine groups is 1. The summed E-state index contributed by atoms with van der Waals surface area (Å²) >= 11 is 0. The van der Waals surface area contributed by atoms with Crippen LogP contribution in [0, 0.1) is 5.92 Å². The Hall–Kier alpha value is -1.60. The summed E-state index contributed by atoms with van der Waals surface area (Å²) in [5.74, 6) is 1.93. The number of nitrogens with zero attached hydrogens (tertiary/aromatic N) is 3. The third-order valence-corrected chi connectivity index (χ3v) is 4.28. The second-order valence-electron chi connectivity index (χ2n) is 6.03. The maximum atomic E-state index is 6.04. The number of anilines is 1. The smallest absolute Gasteiger partial charge is 0.231 e. The molecular formula is C15H26N6O. The third kappa shape index (κ3) is 3.25. The molecule has 22 heavy (non-hydrogen) atoms. The number of imidazole rings is 1. The molecule has 1 fully saturated rings. The van der Waals surface area contributed by atoms with Gasteiger partial charge >= 0.3 is 0 Å². The predicted octanol–water partition coefficient (Wildman–Crippen LogP) is 1.03. The zero-order valence-corrected chi connectivity index (χ0v) is 13.2. The maximum Gasteiger partial charge on any atom is 0.231 e. The first-order valence-corrected chi connectivity index (χ1v) is 8.25. The molecular weight excluding hydrogens is 280 g/mol. The van der Waals surface area contributed by atoms with Crippen LogP contribution in [0.15, 0.2) is 11.3 Å². The van der Waals surface area contributed by atoms with Crippen molar-refractivity contribution in [1.82, 2.24) is 15.3 Å². The number of hydrogen-bond acceptors (Lipinski definition) is 6. The Bertz CT molecular complexity index is 508. The number of ether oxygens (including phenoxy) is 1. The van der Waals surface area contributed by atoms with Crippen molar-refractivity contribution in [2.24, 2.45) is 16.6 Å². The molecule has 2 atom stereocenters. The van der Waals surface area contributed by atoms with E-state index in [2.05, 4.69) is 32.1 Å². The molecule has 0 spiro atoms. The predicted molar refractivity (Wildman–Crippen MR) is 86.9 cm³/mol. The molecule has 1 aromatic heterocycles. The van der Waals surface area contributed by atoms with E-state index < -0.39 is 0 Å². The highest BCUT2D eigenvalue weighted by atomic mass is 16.5. The van der Waals surface area contributed by atoms with Crippen LogP contribution in [0.5, 0.6) is 0 Å². The Labute approximate surface area is 131 Å². The number of H-pyrrole nitrogens is 1. The second-order valence-corrected chi connectivity index (χ2v) is 6.03. The van der Waals surface area contributed by atoms with Crippen LogP contribution in [0.3, 0.4) is 0 Å². The van der Waals surface area contributed by atoms with E-state index in [1.165, 1.54) is 12.8 Å². The molecule has 2 aliphatic rings. The molecule has 3 heterocycles. The fourth-order valence-corrected chi connectivity index (χ4v) is 3.05. The van der Waals surface area contributed by atoms with Crippen molar-refractivity contribution < 1.29 is 4.74 Å². The lowest BCUT2D eigenvalue weighted by atomic mass is 9.99. The molecule has 7 nitrogen and oxygen atoms in total. The summed E-state index contributed by atoms with van der Waals surface area (Å²) in [6, 6.07) is 0. The normalized spacial score (nSPS) is 25.0. The van der Waals surface area contributed by atoms with Crippen LogP contribution < -0.4 is 16.0 Å². The number of aromatic amines is 1. The van der Waals surface area contributed by atoms with Gasteiger partial charge in [-0.25, -0.2) is 9.98 Å². The van der Waals surface area contributed by atoms with Crippen LogP contribution in [0.4, 0.5) is 5.82 Å². The van der Waals surface area contributed by atoms with E-state index in [1.807, 2.05) is 0 Å². The van der Waals surface area contributed by atoms with Gasteiger partial charge in [-0.2, -0.15) is 0 Å². The summed E-state index contributed by atoms with van der Waals surface area (Å²) in [6.07, 6.45) is 5.89. The number of fused-ring (bicyclic) bond motifs is 1. The van der Waals surface area contributed by atoms with Gasteiger partial charge in [0.05, 0.1) is 12.9 Å². The topological polar surface area (TPSA) is 91.6 Å². The fraction of sp³-hybridized carbons (Fsp3) is 0.733. The van der Waals surface area contributed by atoms with E-state index in [1.54, 1.807) is 6.33 Å². The number of unbranched alkanes of at least 4 members (excludes halogenated alkanes) is 1. The van der Waals surface area contributed by atoms with Crippen molar-refractivity contribution in [3.05, 3.63) is 12.0 Å². The van der Waals surface area contributed by atoms with Crippen molar-refractivity contribution in [3.63, 3.8) is 0 Å². The Morgan fingerprint density at radius 1 is 1.50 bits per heavy atom. The number of hydrogen-bond donors (Lipinski definition) is 3. The van der Waals surface area contributed by atoms with Crippen LogP contribution in [0.1, 0.15) is 38.3 Å². The number of aromatic nitrogens is 2. The number of nitrogens with two attached hydrogens (primary N) is 1. The van der Waals surface area contributed by atoms with Crippen molar-refractivity contribution in [2.45, 2.75) is 39.0 Å². The van der Waals surface area contributed by atoms with Gasteiger partial charge in [-0.05, 0) is 38.3 Å². The number of aliphatic imine (C=N–C) groups is 1. The lowest BCUT2D eigenvalue weighted by Crippen LogP contribution is -2.47. The highest BCUT2D eigenvalue weighted by molar-refractivity contribution is 6.01. The molecule has 1 aromatic rings. The summed E-state index contributed by atoms with van der Waals surface area (Å²) in [7, 11) is 0. The lowest BCUT2D eigenvalue weighted by Gasteiger charge is -2.36. The molecule has 0 aromatic carbocycles. The molecule has 3 rings (SSSR count). The van der Waals surface area contributed by atoms with E-state index in [4.69, 9.17) is 10.5 Å². The first-order valence-electron chi connectivity index (χ1n) is 8.25. The van der Waals surface area contributed by atoms with Gasteiger partial charge in [-0.1, -0.05) is 13.3 Å². The zero-order chi connectivity index (χ0) is 15.4. The molecule has 2 aliphatic heterocycles. The summed E-state index contributed by atoms with van der Waals surface area (Å²) < 4.78 is 5.96. The fourth-order valence-electron chi connectivity index (χ4n) is 3.05. The van der Waals surface area contributed by atoms with Crippen LogP contribution in [-0.2, 0) is 4.74 Å². The highest BCUT2D eigenvalue weighted by Gasteiger charge is 2.31. The van der Waals surface area contributed by atoms with Crippen LogP contribution in [0.2, 0.25) is 0 Å². The summed E-state index contributed by atoms with van der Waals surface area (Å²) in [5.41, 5.74) is 6.85. The van der Waals surface area contributed by atoms with Gasteiger partial charge in [0, 0.05) is 6.54 Å². The zero-order valence-electron chi connectivity index (χ0n) is 13.2. The third-order valence-electron chi connectivity index (χ3n) is 4.28. The van der Waals surface area contributed by atoms with Gasteiger partial charge in [0.25, 0.3) is 0 Å². The van der Waals surface area contributed by atoms with Crippen LogP contribution >= 0.6 is 0 Å². The van der Waals surface area contributed by atoms with Crippen molar-refractivity contribution in [1.29, 1.82) is 0 Å². The largest absolute Gasteiger partial charge is 0.382 e. The molecule has 0 amide bonds. The quantitative estimate of drug-likeness (QED) is 0.683. The first kappa shape index (κ1) is 15.3. The number of piperidine rings is 1. The monoisotopic (exact) mass is 306 g/mol. The Morgan fingerprint density at radius 3 is 3.18 bits per heavy atom. The molecule has 4 N–H and O–H groups in total. The Kier molecular flexibility index (Phi) is 4.94. The van der Waals surface area contributed by atoms with Crippen LogP contribution in [0.25, 0.3) is 0 Å². The molecule has 0 saturated carbocycles. The first-order chi connectivity index (χ1) is 10.8. The SMILES string of the molecule is CCCCOC1N=C(N)c2[nH]cnc2N1CC1CCCNC1. The average Bonchev–Trinajstić information content (AvgIpc) is 3.02. The van der Waals surface area contributed by atoms with Gasteiger partial charge in [0.15, 0.2) is 11.7 Å². The minimum atomic E-state index is -0.357. The van der Waals surface area contributed by atoms with E-state index in [0.717, 1.165) is 44.0 Å². The van der Waals surface area contributed by atoms with Gasteiger partial charge in [-0.15, -0.1) is 0 Å². The standard InChI is InChI=1S/C15H26N6O/c1-2-3-7-22-15-20-13(16)12-14(19-10-18-12)21(15)9-11-5-4-6-17-8-11/h10-11,15,17H,2-9H2,1H3,(H2,16,20)(H,18,19). The number of rotatable bonds is 6. The number of nitrogens with one attached hydrogen (secondary N) is 2. The van der Waals surface area contributed by atoms with Gasteiger partial charge in [0.2, 0.25) is 6.35 Å². The summed E-state index contributed by atoms with van der Waals surface area (Å²) in [6.45, 7) is 5.89. The molecule has 2 unspecified atom stereocenters. The van der Waals surface area contributed by atoms with Crippen molar-refractivity contribution in [3.8, 4) is 0 Å². The van der Waals surface area contributed by atoms with E-state index >= 15 is 0 Å². The molecule has 0 radical (unpaired) electrons. The molecule has 0 bridgehead atoms. The lowest BCUT2D eigenvalue weighted by molar-refractivity contribution is 0.0506. The molecule has 122 valence electrons. The van der Waals surface area contributed by atoms with Crippen molar-refractivity contribution >= 4 is 11.7 Å². The molecule has 0 aliphatic carbocycles. The Morgan fingerprint density at radius 2 is 2.41 bits per heavy atom. The summed E-state index contributed by atoms with van der Waals surface area (Å²) in [5, 5.41) is 3.46. The highest BCUT2D eigenvalue weighted by Crippen LogP contribution is 2.27. The van der Waals surface area contributed by atoms with E-state index in [-0.39, 0.29) is 6.35 Å². The minimum absolute atomic E-state index is 0.357. The van der Waals surface area contributed by atoms with Gasteiger partial charge in [0.1, 0.15) is 5.69 Å². The average molecular weight is 306 g/mol. The van der Waals surface area contributed by atoms with E-state index in [0.29, 0.717) is 18.4 Å².